The van der Waals surface area contributed by atoms with Crippen LogP contribution in [0.4, 0.5) is 33.3 Å². The van der Waals surface area contributed by atoms with Gasteiger partial charge in [-0.1, -0.05) is 17.5 Å². The van der Waals surface area contributed by atoms with Crippen molar-refractivity contribution < 1.29 is 36.6 Å². The molecule has 2 amide bonds. The summed E-state index contributed by atoms with van der Waals surface area (Å²) >= 11 is 6.28. The number of anilines is 2. The molecular formula is C27H18ClF5N4O3. The van der Waals surface area contributed by atoms with Crippen molar-refractivity contribution in [3.05, 3.63) is 92.5 Å². The molecule has 0 bridgehead atoms. The first-order chi connectivity index (χ1) is 18.8. The molecule has 1 atom stereocenters. The molecule has 0 saturated heterocycles. The summed E-state index contributed by atoms with van der Waals surface area (Å²) in [6, 6.07) is 4.85. The van der Waals surface area contributed by atoms with E-state index in [1.54, 1.807) is 0 Å². The van der Waals surface area contributed by atoms with Crippen molar-refractivity contribution >= 4 is 40.5 Å². The number of nitrogen functional groups attached to an aromatic ring is 1. The van der Waals surface area contributed by atoms with E-state index < -0.39 is 53.4 Å². The smallest absolute Gasteiger partial charge is 0.397 e. The zero-order chi connectivity index (χ0) is 29.4. The van der Waals surface area contributed by atoms with Gasteiger partial charge in [-0.05, 0) is 48.4 Å². The molecule has 40 heavy (non-hydrogen) atoms. The Labute approximate surface area is 228 Å². The number of nitrogens with zero attached hydrogens (tertiary/aromatic N) is 1. The number of hydrogen-bond acceptors (Lipinski definition) is 5. The lowest BCUT2D eigenvalue weighted by atomic mass is 9.91. The Bertz CT molecular complexity index is 1640. The number of hydrogen-bond donors (Lipinski definition) is 4. The highest BCUT2D eigenvalue weighted by atomic mass is 35.5. The van der Waals surface area contributed by atoms with Crippen molar-refractivity contribution in [2.24, 2.45) is 4.99 Å². The van der Waals surface area contributed by atoms with Crippen molar-refractivity contribution in [2.45, 2.75) is 12.2 Å². The molecule has 13 heteroatoms. The van der Waals surface area contributed by atoms with Gasteiger partial charge in [-0.15, -0.1) is 0 Å². The molecule has 1 heterocycles. The van der Waals surface area contributed by atoms with Crippen molar-refractivity contribution in [1.82, 2.24) is 5.32 Å². The first kappa shape index (κ1) is 28.5. The monoisotopic (exact) mass is 576 g/mol. The first-order valence-electron chi connectivity index (χ1n) is 11.3. The zero-order valence-corrected chi connectivity index (χ0v) is 21.1. The third-order valence-corrected chi connectivity index (χ3v) is 6.31. The molecular weight excluding hydrogens is 559 g/mol. The molecule has 4 rings (SSSR count). The largest absolute Gasteiger partial charge is 0.416 e. The molecule has 0 saturated carbocycles. The number of aliphatic hydroxyl groups excluding tert-OH is 1. The normalized spacial score (nSPS) is 14.8. The minimum absolute atomic E-state index is 0.00926. The molecule has 0 spiro atoms. The Hall–Kier alpha value is -4.47. The van der Waals surface area contributed by atoms with Crippen LogP contribution in [0.5, 0.6) is 0 Å². The summed E-state index contributed by atoms with van der Waals surface area (Å²) in [5, 5.41) is 14.2. The van der Waals surface area contributed by atoms with Crippen molar-refractivity contribution in [1.29, 1.82) is 0 Å². The summed E-state index contributed by atoms with van der Waals surface area (Å²) in [7, 11) is 1.35. The summed E-state index contributed by atoms with van der Waals surface area (Å²) in [6.07, 6.45) is -4.93. The van der Waals surface area contributed by atoms with Gasteiger partial charge in [0.05, 0.1) is 22.9 Å². The average molecular weight is 577 g/mol. The second-order valence-corrected chi connectivity index (χ2v) is 8.87. The van der Waals surface area contributed by atoms with Gasteiger partial charge in [-0.25, -0.2) is 8.78 Å². The maximum absolute atomic E-state index is 14.1. The lowest BCUT2D eigenvalue weighted by molar-refractivity contribution is -0.137. The molecule has 3 aromatic carbocycles. The van der Waals surface area contributed by atoms with E-state index >= 15 is 0 Å². The van der Waals surface area contributed by atoms with Gasteiger partial charge in [0, 0.05) is 40.0 Å². The summed E-state index contributed by atoms with van der Waals surface area (Å²) < 4.78 is 67.9. The van der Waals surface area contributed by atoms with Crippen LogP contribution in [0.25, 0.3) is 0 Å². The zero-order valence-electron chi connectivity index (χ0n) is 20.4. The van der Waals surface area contributed by atoms with Gasteiger partial charge in [-0.3, -0.25) is 14.6 Å². The van der Waals surface area contributed by atoms with Crippen LogP contribution in [0.15, 0.2) is 47.5 Å². The van der Waals surface area contributed by atoms with Crippen LogP contribution in [-0.2, 0) is 6.18 Å². The van der Waals surface area contributed by atoms with Crippen LogP contribution in [-0.4, -0.2) is 36.3 Å². The van der Waals surface area contributed by atoms with Crippen molar-refractivity contribution in [3.8, 4) is 11.8 Å². The number of aliphatic hydroxyl groups is 1. The summed E-state index contributed by atoms with van der Waals surface area (Å²) in [5.74, 6) is 1.09. The highest BCUT2D eigenvalue weighted by Gasteiger charge is 2.38. The van der Waals surface area contributed by atoms with E-state index in [9.17, 15) is 31.5 Å². The molecule has 7 nitrogen and oxygen atoms in total. The number of carbonyl (C=O) groups is 2. The van der Waals surface area contributed by atoms with E-state index in [1.807, 2.05) is 0 Å². The van der Waals surface area contributed by atoms with Gasteiger partial charge < -0.3 is 21.5 Å². The second kappa shape index (κ2) is 11.0. The predicted octanol–water partition coefficient (Wildman–Crippen LogP) is 4.72. The third-order valence-electron chi connectivity index (χ3n) is 5.97. The number of fused-ring (bicyclic) bond motifs is 1. The van der Waals surface area contributed by atoms with Crippen LogP contribution in [0.1, 0.15) is 49.0 Å². The van der Waals surface area contributed by atoms with Crippen LogP contribution in [0.3, 0.4) is 0 Å². The predicted molar refractivity (Wildman–Crippen MR) is 138 cm³/mol. The first-order valence-corrected chi connectivity index (χ1v) is 11.7. The van der Waals surface area contributed by atoms with E-state index in [2.05, 4.69) is 27.5 Å². The van der Waals surface area contributed by atoms with Crippen LogP contribution >= 0.6 is 11.6 Å². The molecule has 1 aliphatic heterocycles. The van der Waals surface area contributed by atoms with Gasteiger partial charge >= 0.3 is 6.18 Å². The molecule has 206 valence electrons. The number of halogens is 6. The Morgan fingerprint density at radius 1 is 1.18 bits per heavy atom. The maximum atomic E-state index is 14.1. The molecule has 0 aliphatic carbocycles. The fourth-order valence-corrected chi connectivity index (χ4v) is 4.48. The van der Waals surface area contributed by atoms with Gasteiger partial charge in [0.25, 0.3) is 11.8 Å². The lowest BCUT2D eigenvalue weighted by Crippen LogP contribution is -2.21. The molecule has 5 N–H and O–H groups in total. The molecule has 0 fully saturated rings. The van der Waals surface area contributed by atoms with Gasteiger partial charge in [-0.2, -0.15) is 13.2 Å². The van der Waals surface area contributed by atoms with Crippen LogP contribution in [0.2, 0.25) is 5.02 Å². The number of nitrogens with two attached hydrogens (primary N) is 1. The van der Waals surface area contributed by atoms with Crippen LogP contribution < -0.4 is 16.4 Å². The Morgan fingerprint density at radius 2 is 1.90 bits per heavy atom. The minimum Gasteiger partial charge on any atom is -0.397 e. The summed E-state index contributed by atoms with van der Waals surface area (Å²) in [5.41, 5.74) is 4.04. The van der Waals surface area contributed by atoms with E-state index in [0.717, 1.165) is 12.1 Å². The number of amides is 2. The van der Waals surface area contributed by atoms with Gasteiger partial charge in [0.1, 0.15) is 24.0 Å². The van der Waals surface area contributed by atoms with E-state index in [4.69, 9.17) is 22.4 Å². The fourth-order valence-electron chi connectivity index (χ4n) is 4.25. The van der Waals surface area contributed by atoms with Gasteiger partial charge in [0.15, 0.2) is 0 Å². The number of alkyl halides is 3. The van der Waals surface area contributed by atoms with Crippen molar-refractivity contribution in [3.63, 3.8) is 0 Å². The Morgan fingerprint density at radius 3 is 2.55 bits per heavy atom. The molecule has 0 aromatic heterocycles. The standard InChI is InChI=1S/C27H18ClF5N4O3/c1-35-19(3-2-6-38)17-11-20(36-25(39)12-7-13(27(31,32)33)9-15(30)8-12)21-22(23(17)34)26(40)37-24(21)16-10-14(29)4-5-18(16)28/h4-5,7-11,24,38H,6,34H2,1H3,(H,36,39)(H,37,40). The number of benzene rings is 3. The van der Waals surface area contributed by atoms with E-state index in [1.165, 1.54) is 19.2 Å². The quantitative estimate of drug-likeness (QED) is 0.156. The molecule has 1 unspecified atom stereocenters. The number of carbonyl (C=O) groups excluding carboxylic acids is 2. The van der Waals surface area contributed by atoms with Crippen molar-refractivity contribution in [2.75, 3.05) is 24.7 Å². The van der Waals surface area contributed by atoms with Crippen LogP contribution in [0, 0.1) is 23.5 Å². The van der Waals surface area contributed by atoms with E-state index in [0.29, 0.717) is 12.1 Å². The number of nitrogens with one attached hydrogen (secondary N) is 2. The number of aliphatic imine (C=N–C) groups is 1. The maximum Gasteiger partial charge on any atom is 0.416 e. The van der Waals surface area contributed by atoms with E-state index in [-0.39, 0.29) is 50.4 Å². The second-order valence-electron chi connectivity index (χ2n) is 8.46. The SMILES string of the molecule is CN=C(C#CCO)c1cc(NC(=O)c2cc(F)cc(C(F)(F)F)c2)c2c(c1N)C(=O)NC2c1cc(F)ccc1Cl. The highest BCUT2D eigenvalue weighted by molar-refractivity contribution is 6.31. The average Bonchev–Trinajstić information content (AvgIpc) is 3.24. The molecule has 3 aromatic rings. The summed E-state index contributed by atoms with van der Waals surface area (Å²) in [4.78, 5) is 30.3. The Balaban J connectivity index is 1.94. The lowest BCUT2D eigenvalue weighted by Gasteiger charge is -2.20. The van der Waals surface area contributed by atoms with Gasteiger partial charge in [0.2, 0.25) is 0 Å². The number of rotatable bonds is 4. The fraction of sp³-hybridized carbons (Fsp3) is 0.148. The highest BCUT2D eigenvalue weighted by Crippen LogP contribution is 2.43. The minimum atomic E-state index is -4.93. The summed E-state index contributed by atoms with van der Waals surface area (Å²) in [6.45, 7) is -0.533. The molecule has 0 radical (unpaired) electrons. The topological polar surface area (TPSA) is 117 Å². The molecule has 1 aliphatic rings. The Kier molecular flexibility index (Phi) is 7.81. The third kappa shape index (κ3) is 5.47.